The van der Waals surface area contributed by atoms with Crippen molar-refractivity contribution >= 4 is 22.9 Å². The Hall–Kier alpha value is -2.29. The van der Waals surface area contributed by atoms with Gasteiger partial charge in [-0.2, -0.15) is 0 Å². The third-order valence-electron chi connectivity index (χ3n) is 6.12. The number of hydrogen-bond acceptors (Lipinski definition) is 4. The number of anilines is 1. The minimum absolute atomic E-state index is 0.0352. The van der Waals surface area contributed by atoms with E-state index >= 15 is 0 Å². The van der Waals surface area contributed by atoms with Crippen molar-refractivity contribution in [2.24, 2.45) is 17.6 Å². The standard InChI is InChI=1S/C20H26F3N5O/c1-11(2)12-7-27(8-12)19(29)10-28-18-6-15(23)14(22)5-17(18)25-20(28)26-4-3-13(21)16(24)9-26/h5-6,11-13,16H,3-4,7-10,24H2,1-2H3/t13-,16-/m1/s1. The van der Waals surface area contributed by atoms with Crippen molar-refractivity contribution in [3.8, 4) is 0 Å². The molecule has 158 valence electrons. The SMILES string of the molecule is CC(C)C1CN(C(=O)Cn2c(N3CC[C@@H](F)[C@H](N)C3)nc3cc(F)c(F)cc32)C1. The van der Waals surface area contributed by atoms with Gasteiger partial charge in [0.25, 0.3) is 0 Å². The number of nitrogens with two attached hydrogens (primary N) is 1. The van der Waals surface area contributed by atoms with E-state index in [1.807, 2.05) is 0 Å². The maximum atomic E-state index is 13.9. The largest absolute Gasteiger partial charge is 0.340 e. The highest BCUT2D eigenvalue weighted by molar-refractivity contribution is 5.84. The molecule has 3 heterocycles. The fourth-order valence-corrected chi connectivity index (χ4v) is 4.01. The highest BCUT2D eigenvalue weighted by Crippen LogP contribution is 2.29. The van der Waals surface area contributed by atoms with Crippen molar-refractivity contribution < 1.29 is 18.0 Å². The molecule has 1 aromatic carbocycles. The number of rotatable bonds is 4. The van der Waals surface area contributed by atoms with Crippen LogP contribution in [-0.2, 0) is 11.3 Å². The van der Waals surface area contributed by atoms with Gasteiger partial charge in [-0.05, 0) is 18.3 Å². The summed E-state index contributed by atoms with van der Waals surface area (Å²) >= 11 is 0. The molecule has 6 nitrogen and oxygen atoms in total. The molecule has 0 radical (unpaired) electrons. The fraction of sp³-hybridized carbons (Fsp3) is 0.600. The van der Waals surface area contributed by atoms with Crippen LogP contribution in [-0.4, -0.2) is 58.8 Å². The summed E-state index contributed by atoms with van der Waals surface area (Å²) in [5.41, 5.74) is 6.47. The predicted molar refractivity (Wildman–Crippen MR) is 104 cm³/mol. The number of carbonyl (C=O) groups excluding carboxylic acids is 1. The molecule has 4 rings (SSSR count). The van der Waals surface area contributed by atoms with Gasteiger partial charge in [-0.3, -0.25) is 4.79 Å². The van der Waals surface area contributed by atoms with E-state index in [4.69, 9.17) is 5.73 Å². The average Bonchev–Trinajstić information content (AvgIpc) is 2.93. The lowest BCUT2D eigenvalue weighted by Gasteiger charge is -2.42. The Bertz CT molecular complexity index is 924. The Balaban J connectivity index is 1.65. The molecule has 1 aromatic heterocycles. The molecule has 2 aliphatic rings. The summed E-state index contributed by atoms with van der Waals surface area (Å²) in [6.07, 6.45) is -0.863. The van der Waals surface area contributed by atoms with Gasteiger partial charge in [0.15, 0.2) is 11.6 Å². The number of likely N-dealkylation sites (tertiary alicyclic amines) is 1. The summed E-state index contributed by atoms with van der Waals surface area (Å²) in [7, 11) is 0. The van der Waals surface area contributed by atoms with Crippen molar-refractivity contribution in [3.05, 3.63) is 23.8 Å². The van der Waals surface area contributed by atoms with Gasteiger partial charge < -0.3 is 20.1 Å². The van der Waals surface area contributed by atoms with E-state index in [1.165, 1.54) is 0 Å². The third-order valence-corrected chi connectivity index (χ3v) is 6.12. The van der Waals surface area contributed by atoms with Gasteiger partial charge in [0.2, 0.25) is 11.9 Å². The van der Waals surface area contributed by atoms with E-state index in [-0.39, 0.29) is 30.9 Å². The molecule has 2 atom stereocenters. The summed E-state index contributed by atoms with van der Waals surface area (Å²) in [6, 6.07) is 1.40. The molecule has 2 saturated heterocycles. The molecule has 0 unspecified atom stereocenters. The second-order valence-electron chi connectivity index (χ2n) is 8.47. The van der Waals surface area contributed by atoms with Crippen LogP contribution in [0.15, 0.2) is 12.1 Å². The molecule has 9 heteroatoms. The predicted octanol–water partition coefficient (Wildman–Crippen LogP) is 2.30. The van der Waals surface area contributed by atoms with E-state index in [1.54, 1.807) is 14.4 Å². The van der Waals surface area contributed by atoms with Crippen molar-refractivity contribution in [2.45, 2.75) is 39.0 Å². The van der Waals surface area contributed by atoms with Crippen LogP contribution >= 0.6 is 0 Å². The van der Waals surface area contributed by atoms with Crippen molar-refractivity contribution in [3.63, 3.8) is 0 Å². The number of imidazole rings is 1. The first-order valence-corrected chi connectivity index (χ1v) is 10.0. The van der Waals surface area contributed by atoms with Crippen molar-refractivity contribution in [1.82, 2.24) is 14.5 Å². The lowest BCUT2D eigenvalue weighted by molar-refractivity contribution is -0.139. The lowest BCUT2D eigenvalue weighted by Crippen LogP contribution is -2.53. The van der Waals surface area contributed by atoms with Gasteiger partial charge in [0.05, 0.1) is 17.1 Å². The number of amides is 1. The van der Waals surface area contributed by atoms with Crippen molar-refractivity contribution in [1.29, 1.82) is 0 Å². The number of piperidine rings is 1. The minimum Gasteiger partial charge on any atom is -0.340 e. The maximum absolute atomic E-state index is 13.9. The Labute approximate surface area is 167 Å². The number of benzene rings is 1. The number of carbonyl (C=O) groups is 1. The second kappa shape index (κ2) is 7.51. The monoisotopic (exact) mass is 409 g/mol. The van der Waals surface area contributed by atoms with Crippen LogP contribution in [0.4, 0.5) is 19.1 Å². The highest BCUT2D eigenvalue weighted by atomic mass is 19.2. The molecule has 2 aliphatic heterocycles. The van der Waals surface area contributed by atoms with E-state index in [9.17, 15) is 18.0 Å². The Morgan fingerprint density at radius 2 is 1.93 bits per heavy atom. The smallest absolute Gasteiger partial charge is 0.242 e. The van der Waals surface area contributed by atoms with Crippen LogP contribution < -0.4 is 10.6 Å². The summed E-state index contributed by atoms with van der Waals surface area (Å²) in [5, 5.41) is 0. The van der Waals surface area contributed by atoms with Crippen LogP contribution in [0.5, 0.6) is 0 Å². The minimum atomic E-state index is -1.10. The van der Waals surface area contributed by atoms with Gasteiger partial charge in [-0.15, -0.1) is 0 Å². The average molecular weight is 409 g/mol. The van der Waals surface area contributed by atoms with Crippen molar-refractivity contribution in [2.75, 3.05) is 31.1 Å². The number of alkyl halides is 1. The fourth-order valence-electron chi connectivity index (χ4n) is 4.01. The van der Waals surface area contributed by atoms with Gasteiger partial charge in [-0.1, -0.05) is 13.8 Å². The summed E-state index contributed by atoms with van der Waals surface area (Å²) in [5.74, 6) is -0.726. The zero-order valence-corrected chi connectivity index (χ0v) is 16.6. The Kier molecular flexibility index (Phi) is 5.18. The van der Waals surface area contributed by atoms with Crippen LogP contribution in [0.3, 0.4) is 0 Å². The van der Waals surface area contributed by atoms with Crippen LogP contribution in [0.2, 0.25) is 0 Å². The number of aromatic nitrogens is 2. The molecule has 1 amide bonds. The lowest BCUT2D eigenvalue weighted by atomic mass is 9.88. The van der Waals surface area contributed by atoms with E-state index in [0.717, 1.165) is 12.1 Å². The summed E-state index contributed by atoms with van der Waals surface area (Å²) in [4.78, 5) is 20.8. The topological polar surface area (TPSA) is 67.4 Å². The zero-order valence-electron chi connectivity index (χ0n) is 16.6. The second-order valence-corrected chi connectivity index (χ2v) is 8.47. The van der Waals surface area contributed by atoms with E-state index in [2.05, 4.69) is 18.8 Å². The molecule has 2 fully saturated rings. The van der Waals surface area contributed by atoms with Gasteiger partial charge >= 0.3 is 0 Å². The molecule has 2 aromatic rings. The molecular formula is C20H26F3N5O. The molecule has 29 heavy (non-hydrogen) atoms. The number of nitrogens with zero attached hydrogens (tertiary/aromatic N) is 4. The number of halogens is 3. The highest BCUT2D eigenvalue weighted by Gasteiger charge is 2.34. The quantitative estimate of drug-likeness (QED) is 0.842. The summed E-state index contributed by atoms with van der Waals surface area (Å²) in [6.45, 7) is 6.21. The van der Waals surface area contributed by atoms with Gasteiger partial charge in [0, 0.05) is 38.3 Å². The first-order chi connectivity index (χ1) is 13.7. The third kappa shape index (κ3) is 3.68. The van der Waals surface area contributed by atoms with Gasteiger partial charge in [0.1, 0.15) is 12.7 Å². The van der Waals surface area contributed by atoms with Crippen LogP contribution in [0.1, 0.15) is 20.3 Å². The molecular weight excluding hydrogens is 383 g/mol. The Morgan fingerprint density at radius 3 is 2.59 bits per heavy atom. The van der Waals surface area contributed by atoms with Gasteiger partial charge in [-0.25, -0.2) is 18.2 Å². The molecule has 0 spiro atoms. The first-order valence-electron chi connectivity index (χ1n) is 10.0. The molecule has 0 aliphatic carbocycles. The normalized spacial score (nSPS) is 23.1. The number of hydrogen-bond donors (Lipinski definition) is 1. The first kappa shape index (κ1) is 20.0. The van der Waals surface area contributed by atoms with Crippen LogP contribution in [0.25, 0.3) is 11.0 Å². The van der Waals surface area contributed by atoms with E-state index < -0.39 is 23.8 Å². The zero-order chi connectivity index (χ0) is 20.9. The number of fused-ring (bicyclic) bond motifs is 1. The summed E-state index contributed by atoms with van der Waals surface area (Å²) < 4.78 is 43.0. The van der Waals surface area contributed by atoms with E-state index in [0.29, 0.717) is 42.9 Å². The Morgan fingerprint density at radius 1 is 1.24 bits per heavy atom. The molecule has 0 saturated carbocycles. The maximum Gasteiger partial charge on any atom is 0.242 e. The van der Waals surface area contributed by atoms with Crippen LogP contribution in [0, 0.1) is 23.5 Å². The molecule has 2 N–H and O–H groups in total. The molecule has 0 bridgehead atoms.